The van der Waals surface area contributed by atoms with Crippen LogP contribution in [0.25, 0.3) is 10.6 Å². The number of phenols is 1. The number of rotatable bonds is 5. The number of phenolic OH excluding ortho intramolecular Hbond substituents is 1. The van der Waals surface area contributed by atoms with Crippen LogP contribution in [0, 0.1) is 0 Å². The summed E-state index contributed by atoms with van der Waals surface area (Å²) >= 11 is 7.31. The molecule has 0 aliphatic heterocycles. The maximum absolute atomic E-state index is 12.2. The van der Waals surface area contributed by atoms with Gasteiger partial charge in [0.05, 0.1) is 28.9 Å². The Labute approximate surface area is 162 Å². The Balaban J connectivity index is 1.78. The Hall–Kier alpha value is -3.17. The second kappa shape index (κ2) is 8.02. The lowest BCUT2D eigenvalue weighted by molar-refractivity contribution is 0.0949. The SMILES string of the molecule is COc1cc(/C=N/NC(=O)c2cc(-c3cccs3)[nH]c(=O)n2)cc(Cl)c1O. The minimum Gasteiger partial charge on any atom is -0.503 e. The molecule has 3 aromatic rings. The molecule has 27 heavy (non-hydrogen) atoms. The molecule has 0 bridgehead atoms. The molecule has 0 aliphatic carbocycles. The normalized spacial score (nSPS) is 10.9. The lowest BCUT2D eigenvalue weighted by Crippen LogP contribution is -2.24. The van der Waals surface area contributed by atoms with Gasteiger partial charge in [-0.3, -0.25) is 4.79 Å². The molecule has 1 aromatic carbocycles. The van der Waals surface area contributed by atoms with Gasteiger partial charge in [0.15, 0.2) is 11.5 Å². The summed E-state index contributed by atoms with van der Waals surface area (Å²) in [5.41, 5.74) is 2.58. The van der Waals surface area contributed by atoms with E-state index in [1.807, 2.05) is 17.5 Å². The molecule has 3 N–H and O–H groups in total. The van der Waals surface area contributed by atoms with Gasteiger partial charge in [-0.15, -0.1) is 11.3 Å². The van der Waals surface area contributed by atoms with Gasteiger partial charge in [-0.2, -0.15) is 10.1 Å². The standard InChI is InChI=1S/C17H13ClN4O4S/c1-26-13-6-9(5-10(18)15(13)23)8-19-22-16(24)12-7-11(20-17(25)21-12)14-3-2-4-27-14/h2-8,23H,1H3,(H,22,24)(H,20,21,25)/b19-8+. The molecule has 0 saturated carbocycles. The molecule has 2 aromatic heterocycles. The summed E-state index contributed by atoms with van der Waals surface area (Å²) in [6.45, 7) is 0. The van der Waals surface area contributed by atoms with Crippen LogP contribution in [-0.4, -0.2) is 34.3 Å². The molecule has 10 heteroatoms. The first-order chi connectivity index (χ1) is 13.0. The van der Waals surface area contributed by atoms with E-state index in [0.717, 1.165) is 4.88 Å². The van der Waals surface area contributed by atoms with Crippen LogP contribution in [0.5, 0.6) is 11.5 Å². The maximum Gasteiger partial charge on any atom is 0.346 e. The number of nitrogens with zero attached hydrogens (tertiary/aromatic N) is 2. The van der Waals surface area contributed by atoms with E-state index in [9.17, 15) is 14.7 Å². The molecule has 0 unspecified atom stereocenters. The van der Waals surface area contributed by atoms with E-state index in [4.69, 9.17) is 16.3 Å². The Morgan fingerprint density at radius 3 is 2.96 bits per heavy atom. The molecule has 0 saturated heterocycles. The van der Waals surface area contributed by atoms with Gasteiger partial charge in [0.25, 0.3) is 5.91 Å². The molecule has 3 rings (SSSR count). The second-order valence-electron chi connectivity index (χ2n) is 5.22. The molecule has 0 aliphatic rings. The molecular formula is C17H13ClN4O4S. The average molecular weight is 405 g/mol. The molecule has 0 radical (unpaired) electrons. The number of hydrogen-bond acceptors (Lipinski definition) is 7. The number of methoxy groups -OCH3 is 1. The number of aromatic amines is 1. The van der Waals surface area contributed by atoms with Gasteiger partial charge in [-0.25, -0.2) is 10.2 Å². The Morgan fingerprint density at radius 1 is 1.44 bits per heavy atom. The predicted octanol–water partition coefficient (Wildman–Crippen LogP) is 2.63. The van der Waals surface area contributed by atoms with E-state index in [1.165, 1.54) is 42.9 Å². The van der Waals surface area contributed by atoms with Gasteiger partial charge >= 0.3 is 5.69 Å². The summed E-state index contributed by atoms with van der Waals surface area (Å²) in [5.74, 6) is -0.659. The zero-order valence-electron chi connectivity index (χ0n) is 13.9. The van der Waals surface area contributed by atoms with Crippen LogP contribution in [0.1, 0.15) is 16.1 Å². The van der Waals surface area contributed by atoms with Gasteiger partial charge in [0, 0.05) is 0 Å². The number of thiophene rings is 1. The molecule has 1 amide bonds. The van der Waals surface area contributed by atoms with Crippen molar-refractivity contribution in [2.45, 2.75) is 0 Å². The summed E-state index contributed by atoms with van der Waals surface area (Å²) in [7, 11) is 1.39. The fourth-order valence-corrected chi connectivity index (χ4v) is 3.10. The fraction of sp³-hybridized carbons (Fsp3) is 0.0588. The number of carbonyl (C=O) groups is 1. The Kier molecular flexibility index (Phi) is 5.53. The first-order valence-corrected chi connectivity index (χ1v) is 8.79. The van der Waals surface area contributed by atoms with E-state index < -0.39 is 11.6 Å². The van der Waals surface area contributed by atoms with Crippen LogP contribution in [0.15, 0.2) is 45.6 Å². The fourth-order valence-electron chi connectivity index (χ4n) is 2.19. The van der Waals surface area contributed by atoms with Gasteiger partial charge < -0.3 is 14.8 Å². The number of H-pyrrole nitrogens is 1. The second-order valence-corrected chi connectivity index (χ2v) is 6.57. The van der Waals surface area contributed by atoms with Crippen molar-refractivity contribution in [1.82, 2.24) is 15.4 Å². The largest absolute Gasteiger partial charge is 0.503 e. The number of ether oxygens (including phenoxy) is 1. The van der Waals surface area contributed by atoms with E-state index in [1.54, 1.807) is 0 Å². The number of aromatic nitrogens is 2. The van der Waals surface area contributed by atoms with Crippen LogP contribution in [0.2, 0.25) is 5.02 Å². The van der Waals surface area contributed by atoms with Crippen molar-refractivity contribution in [1.29, 1.82) is 0 Å². The van der Waals surface area contributed by atoms with Gasteiger partial charge in [0.2, 0.25) is 0 Å². The highest BCUT2D eigenvalue weighted by Crippen LogP contribution is 2.34. The van der Waals surface area contributed by atoms with E-state index in [0.29, 0.717) is 11.3 Å². The van der Waals surface area contributed by atoms with Crippen LogP contribution in [0.4, 0.5) is 0 Å². The number of carbonyl (C=O) groups excluding carboxylic acids is 1. The van der Waals surface area contributed by atoms with Gasteiger partial charge in [0.1, 0.15) is 5.69 Å². The molecule has 8 nitrogen and oxygen atoms in total. The topological polar surface area (TPSA) is 117 Å². The number of aromatic hydroxyl groups is 1. The third-order valence-corrected chi connectivity index (χ3v) is 4.61. The quantitative estimate of drug-likeness (QED) is 0.446. The van der Waals surface area contributed by atoms with Crippen LogP contribution < -0.4 is 15.9 Å². The van der Waals surface area contributed by atoms with Crippen LogP contribution in [0.3, 0.4) is 0 Å². The van der Waals surface area contributed by atoms with Crippen molar-refractivity contribution >= 4 is 35.1 Å². The number of nitrogens with one attached hydrogen (secondary N) is 2. The Morgan fingerprint density at radius 2 is 2.26 bits per heavy atom. The Bertz CT molecular complexity index is 1060. The van der Waals surface area contributed by atoms with Crippen LogP contribution >= 0.6 is 22.9 Å². The predicted molar refractivity (Wildman–Crippen MR) is 103 cm³/mol. The lowest BCUT2D eigenvalue weighted by Gasteiger charge is -2.06. The van der Waals surface area contributed by atoms with Crippen molar-refractivity contribution in [3.63, 3.8) is 0 Å². The lowest BCUT2D eigenvalue weighted by atomic mass is 10.2. The zero-order chi connectivity index (χ0) is 19.4. The van der Waals surface area contributed by atoms with Crippen molar-refractivity contribution in [3.8, 4) is 22.1 Å². The van der Waals surface area contributed by atoms with E-state index in [-0.39, 0.29) is 22.2 Å². The third kappa shape index (κ3) is 4.33. The number of halogens is 1. The summed E-state index contributed by atoms with van der Waals surface area (Å²) in [4.78, 5) is 31.0. The van der Waals surface area contributed by atoms with E-state index >= 15 is 0 Å². The maximum atomic E-state index is 12.2. The van der Waals surface area contributed by atoms with Crippen LogP contribution in [-0.2, 0) is 0 Å². The number of amides is 1. The van der Waals surface area contributed by atoms with Crippen molar-refractivity contribution in [2.75, 3.05) is 7.11 Å². The highest BCUT2D eigenvalue weighted by molar-refractivity contribution is 7.13. The number of hydrogen-bond donors (Lipinski definition) is 3. The first-order valence-electron chi connectivity index (χ1n) is 7.53. The highest BCUT2D eigenvalue weighted by atomic mass is 35.5. The van der Waals surface area contributed by atoms with E-state index in [2.05, 4.69) is 20.5 Å². The molecule has 138 valence electrons. The minimum absolute atomic E-state index is 0.0689. The van der Waals surface area contributed by atoms with Crippen molar-refractivity contribution < 1.29 is 14.6 Å². The molecule has 0 atom stereocenters. The third-order valence-electron chi connectivity index (χ3n) is 3.41. The molecule has 0 spiro atoms. The summed E-state index contributed by atoms with van der Waals surface area (Å²) in [6.07, 6.45) is 1.32. The zero-order valence-corrected chi connectivity index (χ0v) is 15.5. The van der Waals surface area contributed by atoms with Crippen molar-refractivity contribution in [3.05, 3.63) is 62.5 Å². The minimum atomic E-state index is -0.646. The molecule has 0 fully saturated rings. The smallest absolute Gasteiger partial charge is 0.346 e. The molecular weight excluding hydrogens is 392 g/mol. The van der Waals surface area contributed by atoms with Gasteiger partial charge in [-0.05, 0) is 35.2 Å². The first kappa shape index (κ1) is 18.6. The number of benzene rings is 1. The summed E-state index contributed by atoms with van der Waals surface area (Å²) in [6, 6.07) is 8.07. The van der Waals surface area contributed by atoms with Crippen molar-refractivity contribution in [2.24, 2.45) is 5.10 Å². The highest BCUT2D eigenvalue weighted by Gasteiger charge is 2.11. The monoisotopic (exact) mass is 404 g/mol. The van der Waals surface area contributed by atoms with Gasteiger partial charge in [-0.1, -0.05) is 17.7 Å². The summed E-state index contributed by atoms with van der Waals surface area (Å²) < 4.78 is 4.99. The average Bonchev–Trinajstić information content (AvgIpc) is 3.18. The molecule has 2 heterocycles. The summed E-state index contributed by atoms with van der Waals surface area (Å²) in [5, 5.41) is 15.5. The number of hydrazone groups is 1.